The van der Waals surface area contributed by atoms with Gasteiger partial charge in [-0.15, -0.1) is 5.12 Å². The van der Waals surface area contributed by atoms with Crippen molar-refractivity contribution in [1.29, 1.82) is 0 Å². The number of carbonyl (C=O) groups is 2. The Morgan fingerprint density at radius 1 is 1.25 bits per heavy atom. The number of hydrogen-bond acceptors (Lipinski definition) is 5. The molecular formula is C14H12F2N2O5S. The highest BCUT2D eigenvalue weighted by molar-refractivity contribution is 7.89. The van der Waals surface area contributed by atoms with E-state index < -0.39 is 39.0 Å². The predicted octanol–water partition coefficient (Wildman–Crippen LogP) is 1.75. The molecule has 10 heteroatoms. The number of methoxy groups -OCH3 is 1. The van der Waals surface area contributed by atoms with Crippen LogP contribution in [-0.2, 0) is 14.8 Å². The Kier molecular flexibility index (Phi) is 4.69. The second kappa shape index (κ2) is 6.40. The molecule has 0 radical (unpaired) electrons. The fraction of sp³-hybridized carbons (Fsp3) is 0.143. The van der Waals surface area contributed by atoms with Crippen LogP contribution in [0, 0.1) is 5.82 Å². The molecule has 7 nitrogen and oxygen atoms in total. The highest BCUT2D eigenvalue weighted by atomic mass is 32.2. The van der Waals surface area contributed by atoms with Gasteiger partial charge in [0.2, 0.25) is 10.0 Å². The monoisotopic (exact) mass is 358 g/mol. The minimum absolute atomic E-state index is 0.355. The van der Waals surface area contributed by atoms with Crippen molar-refractivity contribution in [3.8, 4) is 0 Å². The first-order valence-corrected chi connectivity index (χ1v) is 8.27. The number of rotatable bonds is 4. The van der Waals surface area contributed by atoms with E-state index in [1.54, 1.807) is 0 Å². The molecule has 2 aromatic rings. The van der Waals surface area contributed by atoms with Gasteiger partial charge in [-0.2, -0.15) is 0 Å². The third-order valence-electron chi connectivity index (χ3n) is 3.00. The minimum Gasteiger partial charge on any atom is -0.464 e. The van der Waals surface area contributed by atoms with Crippen LogP contribution in [0.2, 0.25) is 0 Å². The van der Waals surface area contributed by atoms with Gasteiger partial charge in [0.1, 0.15) is 11.5 Å². The van der Waals surface area contributed by atoms with Gasteiger partial charge in [0.05, 0.1) is 24.6 Å². The molecule has 0 spiro atoms. The number of amides is 1. The molecule has 1 aromatic heterocycles. The number of benzene rings is 1. The van der Waals surface area contributed by atoms with Crippen LogP contribution < -0.4 is 5.12 Å². The van der Waals surface area contributed by atoms with E-state index in [-0.39, 0.29) is 10.8 Å². The van der Waals surface area contributed by atoms with Crippen molar-refractivity contribution in [2.75, 3.05) is 18.5 Å². The molecular weight excluding hydrogens is 346 g/mol. The van der Waals surface area contributed by atoms with Gasteiger partial charge < -0.3 is 4.74 Å². The topological polar surface area (TPSA) is 85.7 Å². The second-order valence-corrected chi connectivity index (χ2v) is 6.59. The summed E-state index contributed by atoms with van der Waals surface area (Å²) in [4.78, 5) is 23.8. The molecule has 0 fully saturated rings. The van der Waals surface area contributed by atoms with Gasteiger partial charge in [-0.1, -0.05) is 10.5 Å². The number of hydrogen-bond donors (Lipinski definition) is 0. The molecule has 0 aliphatic carbocycles. The largest absolute Gasteiger partial charge is 0.464 e. The van der Waals surface area contributed by atoms with Gasteiger partial charge in [-0.3, -0.25) is 4.79 Å². The predicted molar refractivity (Wildman–Crippen MR) is 80.3 cm³/mol. The number of halogens is 2. The molecule has 24 heavy (non-hydrogen) atoms. The van der Waals surface area contributed by atoms with Gasteiger partial charge in [-0.25, -0.2) is 21.6 Å². The molecule has 0 atom stereocenters. The van der Waals surface area contributed by atoms with Gasteiger partial charge in [0, 0.05) is 12.3 Å². The molecule has 2 rings (SSSR count). The van der Waals surface area contributed by atoms with Crippen LogP contribution in [0.15, 0.2) is 36.5 Å². The summed E-state index contributed by atoms with van der Waals surface area (Å²) >= 11 is 0. The van der Waals surface area contributed by atoms with Crippen LogP contribution in [0.5, 0.6) is 0 Å². The van der Waals surface area contributed by atoms with E-state index in [1.165, 1.54) is 6.07 Å². The van der Waals surface area contributed by atoms with Crippen molar-refractivity contribution in [3.63, 3.8) is 0 Å². The molecule has 1 aromatic carbocycles. The number of esters is 1. The van der Waals surface area contributed by atoms with Crippen LogP contribution in [-0.4, -0.2) is 37.6 Å². The van der Waals surface area contributed by atoms with Crippen molar-refractivity contribution in [3.05, 3.63) is 53.6 Å². The van der Waals surface area contributed by atoms with Crippen molar-refractivity contribution >= 4 is 27.6 Å². The number of ether oxygens (including phenoxy) is 1. The van der Waals surface area contributed by atoms with Gasteiger partial charge >= 0.3 is 5.97 Å². The lowest BCUT2D eigenvalue weighted by Gasteiger charge is -2.10. The van der Waals surface area contributed by atoms with Gasteiger partial charge in [0.25, 0.3) is 5.91 Å². The fourth-order valence-electron chi connectivity index (χ4n) is 1.92. The van der Waals surface area contributed by atoms with Gasteiger partial charge in [0.15, 0.2) is 0 Å². The van der Waals surface area contributed by atoms with E-state index in [2.05, 4.69) is 4.74 Å². The highest BCUT2D eigenvalue weighted by Gasteiger charge is 2.26. The smallest absolute Gasteiger partial charge is 0.355 e. The average Bonchev–Trinajstić information content (AvgIpc) is 2.98. The molecule has 0 unspecified atom stereocenters. The third-order valence-corrected chi connectivity index (χ3v) is 4.01. The highest BCUT2D eigenvalue weighted by Crippen LogP contribution is 2.21. The zero-order valence-electron chi connectivity index (χ0n) is 12.6. The molecule has 0 saturated carbocycles. The lowest BCUT2D eigenvalue weighted by Crippen LogP contribution is -2.21. The molecule has 0 aliphatic heterocycles. The van der Waals surface area contributed by atoms with Crippen LogP contribution in [0.4, 0.5) is 14.6 Å². The minimum atomic E-state index is -3.94. The summed E-state index contributed by atoms with van der Waals surface area (Å²) in [5, 5.41) is -0.355. The fourth-order valence-corrected chi connectivity index (χ4v) is 2.71. The van der Waals surface area contributed by atoms with Crippen LogP contribution in [0.3, 0.4) is 0 Å². The van der Waals surface area contributed by atoms with Crippen molar-refractivity contribution in [1.82, 2.24) is 3.97 Å². The first-order chi connectivity index (χ1) is 11.1. The summed E-state index contributed by atoms with van der Waals surface area (Å²) in [5.41, 5.74) is -1.27. The number of nitrogens with zero attached hydrogens (tertiary/aromatic N) is 2. The molecule has 0 bridgehead atoms. The van der Waals surface area contributed by atoms with E-state index >= 15 is 0 Å². The maximum atomic E-state index is 14.2. The molecule has 1 amide bonds. The maximum absolute atomic E-state index is 14.2. The first kappa shape index (κ1) is 17.6. The zero-order chi connectivity index (χ0) is 18.1. The first-order valence-electron chi connectivity index (χ1n) is 6.42. The Labute approximate surface area is 136 Å². The van der Waals surface area contributed by atoms with E-state index in [0.29, 0.717) is 3.97 Å². The van der Waals surface area contributed by atoms with E-state index in [1.807, 2.05) is 0 Å². The Balaban J connectivity index is 2.47. The standard InChI is InChI=1S/C14H12F2N2O5S/c1-23-14(20)12-6-9(8-17(12)24(2,21)22)13(19)18(16)11-5-3-4-10(15)7-11/h3-8H,1-2H3. The maximum Gasteiger partial charge on any atom is 0.355 e. The summed E-state index contributed by atoms with van der Waals surface area (Å²) < 4.78 is 55.6. The molecule has 0 aliphatic rings. The molecule has 1 heterocycles. The summed E-state index contributed by atoms with van der Waals surface area (Å²) in [6.45, 7) is 0. The van der Waals surface area contributed by atoms with E-state index in [9.17, 15) is 26.9 Å². The zero-order valence-corrected chi connectivity index (χ0v) is 13.4. The number of aromatic nitrogens is 1. The Morgan fingerprint density at radius 2 is 1.92 bits per heavy atom. The summed E-state index contributed by atoms with van der Waals surface area (Å²) in [6.07, 6.45) is 1.59. The van der Waals surface area contributed by atoms with Crippen molar-refractivity contribution < 1.29 is 31.6 Å². The van der Waals surface area contributed by atoms with Crippen molar-refractivity contribution in [2.24, 2.45) is 0 Å². The van der Waals surface area contributed by atoms with E-state index in [0.717, 1.165) is 43.8 Å². The second-order valence-electron chi connectivity index (χ2n) is 4.73. The third kappa shape index (κ3) is 3.43. The Bertz CT molecular complexity index is 908. The van der Waals surface area contributed by atoms with Gasteiger partial charge in [-0.05, 0) is 18.2 Å². The summed E-state index contributed by atoms with van der Waals surface area (Å²) in [7, 11) is -2.91. The number of carbonyl (C=O) groups excluding carboxylic acids is 2. The van der Waals surface area contributed by atoms with Crippen LogP contribution in [0.1, 0.15) is 20.8 Å². The van der Waals surface area contributed by atoms with Crippen molar-refractivity contribution in [2.45, 2.75) is 0 Å². The Morgan fingerprint density at radius 3 is 2.46 bits per heavy atom. The SMILES string of the molecule is COC(=O)c1cc(C(=O)N(F)c2cccc(F)c2)cn1S(C)(=O)=O. The lowest BCUT2D eigenvalue weighted by atomic mass is 10.2. The normalized spacial score (nSPS) is 11.2. The summed E-state index contributed by atoms with van der Waals surface area (Å²) in [6, 6.07) is 5.08. The number of anilines is 1. The summed E-state index contributed by atoms with van der Waals surface area (Å²) in [5.74, 6) is -3.05. The average molecular weight is 358 g/mol. The molecule has 128 valence electrons. The Hall–Kier alpha value is -2.75. The molecule has 0 N–H and O–H groups in total. The quantitative estimate of drug-likeness (QED) is 0.614. The van der Waals surface area contributed by atoms with Crippen LogP contribution >= 0.6 is 0 Å². The van der Waals surface area contributed by atoms with Crippen LogP contribution in [0.25, 0.3) is 0 Å². The lowest BCUT2D eigenvalue weighted by molar-refractivity contribution is 0.0593. The molecule has 0 saturated heterocycles. The van der Waals surface area contributed by atoms with E-state index in [4.69, 9.17) is 0 Å².